The molecule has 0 saturated carbocycles. The van der Waals surface area contributed by atoms with Crippen molar-refractivity contribution in [2.24, 2.45) is 0 Å². The fourth-order valence-corrected chi connectivity index (χ4v) is 1.56. The van der Waals surface area contributed by atoms with Crippen molar-refractivity contribution in [2.75, 3.05) is 67.1 Å². The summed E-state index contributed by atoms with van der Waals surface area (Å²) in [5.74, 6) is -1.19. The predicted molar refractivity (Wildman–Crippen MR) is 63.8 cm³/mol. The van der Waals surface area contributed by atoms with Crippen LogP contribution in [0, 0.1) is 0 Å². The first-order chi connectivity index (χ1) is 9.24. The minimum Gasteiger partial charge on any atom is -0.382 e. The molecule has 0 aromatic carbocycles. The average Bonchev–Trinajstić information content (AvgIpc) is 3.30. The Morgan fingerprint density at radius 3 is 1.53 bits per heavy atom. The van der Waals surface area contributed by atoms with Crippen LogP contribution in [0.3, 0.4) is 0 Å². The molecular weight excluding hydrogens is 256 g/mol. The normalized spacial score (nSPS) is 32.5. The number of epoxide rings is 2. The van der Waals surface area contributed by atoms with Crippen molar-refractivity contribution in [3.63, 3.8) is 0 Å². The average molecular weight is 278 g/mol. The summed E-state index contributed by atoms with van der Waals surface area (Å²) >= 11 is 0. The lowest BCUT2D eigenvalue weighted by Crippen LogP contribution is -2.31. The van der Waals surface area contributed by atoms with Gasteiger partial charge in [0.05, 0.1) is 26.4 Å². The van der Waals surface area contributed by atoms with Gasteiger partial charge in [-0.2, -0.15) is 0 Å². The third-order valence-corrected chi connectivity index (χ3v) is 2.88. The number of ether oxygens (including phenoxy) is 7. The van der Waals surface area contributed by atoms with Crippen molar-refractivity contribution < 1.29 is 33.2 Å². The summed E-state index contributed by atoms with van der Waals surface area (Å²) in [5, 5.41) is 0. The standard InChI is InChI=1S/C12H22O7/c1-13-3-5-16-11(9-18-11)7-15-8-12(10-19-12)17-6-4-14-2/h3-10H2,1-2H3. The van der Waals surface area contributed by atoms with Gasteiger partial charge in [0, 0.05) is 14.2 Å². The SMILES string of the molecule is COCCOC1(COCC2(OCCOC)CO2)CO1. The molecule has 2 unspecified atom stereocenters. The summed E-state index contributed by atoms with van der Waals surface area (Å²) in [5.41, 5.74) is 0. The molecule has 19 heavy (non-hydrogen) atoms. The lowest BCUT2D eigenvalue weighted by molar-refractivity contribution is -0.142. The molecule has 0 aromatic rings. The molecule has 0 radical (unpaired) electrons. The van der Waals surface area contributed by atoms with E-state index in [4.69, 9.17) is 33.2 Å². The molecule has 7 nitrogen and oxygen atoms in total. The van der Waals surface area contributed by atoms with Gasteiger partial charge in [0.2, 0.25) is 11.6 Å². The molecule has 2 rings (SSSR count). The Hall–Kier alpha value is -0.280. The van der Waals surface area contributed by atoms with Crippen molar-refractivity contribution in [1.82, 2.24) is 0 Å². The van der Waals surface area contributed by atoms with E-state index in [1.165, 1.54) is 0 Å². The topological polar surface area (TPSA) is 71.2 Å². The molecule has 0 aromatic heterocycles. The van der Waals surface area contributed by atoms with Crippen LogP contribution in [0.2, 0.25) is 0 Å². The lowest BCUT2D eigenvalue weighted by Gasteiger charge is -2.16. The summed E-state index contributed by atoms with van der Waals surface area (Å²) in [6.07, 6.45) is 0. The van der Waals surface area contributed by atoms with E-state index >= 15 is 0 Å². The first kappa shape index (κ1) is 15.1. The fourth-order valence-electron chi connectivity index (χ4n) is 1.56. The van der Waals surface area contributed by atoms with Gasteiger partial charge in [-0.05, 0) is 0 Å². The molecule has 0 amide bonds. The minimum absolute atomic E-state index is 0.370. The summed E-state index contributed by atoms with van der Waals surface area (Å²) in [6, 6.07) is 0. The monoisotopic (exact) mass is 278 g/mol. The molecule has 2 saturated heterocycles. The quantitative estimate of drug-likeness (QED) is 0.361. The van der Waals surface area contributed by atoms with Crippen LogP contribution < -0.4 is 0 Å². The third-order valence-electron chi connectivity index (χ3n) is 2.88. The van der Waals surface area contributed by atoms with Gasteiger partial charge in [-0.15, -0.1) is 0 Å². The molecule has 112 valence electrons. The molecule has 0 bridgehead atoms. The Morgan fingerprint density at radius 1 is 0.789 bits per heavy atom. The van der Waals surface area contributed by atoms with Gasteiger partial charge in [0.1, 0.15) is 26.4 Å². The number of hydrogen-bond acceptors (Lipinski definition) is 7. The molecule has 0 spiro atoms. The first-order valence-electron chi connectivity index (χ1n) is 6.36. The second kappa shape index (κ2) is 6.94. The van der Waals surface area contributed by atoms with Crippen molar-refractivity contribution in [2.45, 2.75) is 11.6 Å². The zero-order valence-electron chi connectivity index (χ0n) is 11.5. The van der Waals surface area contributed by atoms with Gasteiger partial charge in [0.15, 0.2) is 0 Å². The Kier molecular flexibility index (Phi) is 5.52. The maximum atomic E-state index is 5.57. The van der Waals surface area contributed by atoms with Crippen molar-refractivity contribution in [1.29, 1.82) is 0 Å². The van der Waals surface area contributed by atoms with E-state index in [0.717, 1.165) is 0 Å². The van der Waals surface area contributed by atoms with E-state index in [0.29, 0.717) is 52.9 Å². The number of rotatable bonds is 12. The highest BCUT2D eigenvalue weighted by Crippen LogP contribution is 2.32. The van der Waals surface area contributed by atoms with E-state index in [1.54, 1.807) is 14.2 Å². The Labute approximate surface area is 113 Å². The van der Waals surface area contributed by atoms with Gasteiger partial charge < -0.3 is 33.2 Å². The number of methoxy groups -OCH3 is 2. The molecule has 7 heteroatoms. The molecule has 2 aliphatic heterocycles. The van der Waals surface area contributed by atoms with E-state index in [2.05, 4.69) is 0 Å². The zero-order valence-corrected chi connectivity index (χ0v) is 11.5. The van der Waals surface area contributed by atoms with Gasteiger partial charge in [-0.3, -0.25) is 0 Å². The molecular formula is C12H22O7. The van der Waals surface area contributed by atoms with Crippen LogP contribution in [-0.2, 0) is 33.2 Å². The van der Waals surface area contributed by atoms with Crippen molar-refractivity contribution in [3.05, 3.63) is 0 Å². The van der Waals surface area contributed by atoms with E-state index in [1.807, 2.05) is 0 Å². The molecule has 0 N–H and O–H groups in total. The first-order valence-corrected chi connectivity index (χ1v) is 6.36. The zero-order chi connectivity index (χ0) is 13.6. The molecule has 2 heterocycles. The lowest BCUT2D eigenvalue weighted by atomic mass is 10.4. The van der Waals surface area contributed by atoms with Crippen LogP contribution in [-0.4, -0.2) is 78.6 Å². The third kappa shape index (κ3) is 4.96. The fraction of sp³-hybridized carbons (Fsp3) is 1.00. The summed E-state index contributed by atoms with van der Waals surface area (Å²) in [7, 11) is 3.26. The van der Waals surface area contributed by atoms with Gasteiger partial charge in [0.25, 0.3) is 0 Å². The molecule has 2 fully saturated rings. The van der Waals surface area contributed by atoms with E-state index in [-0.39, 0.29) is 0 Å². The predicted octanol–water partition coefficient (Wildman–Crippen LogP) is -0.218. The highest BCUT2D eigenvalue weighted by molar-refractivity contribution is 4.85. The van der Waals surface area contributed by atoms with Crippen molar-refractivity contribution in [3.8, 4) is 0 Å². The maximum absolute atomic E-state index is 5.57. The summed E-state index contributed by atoms with van der Waals surface area (Å²) < 4.78 is 37.0. The highest BCUT2D eigenvalue weighted by atomic mass is 16.8. The van der Waals surface area contributed by atoms with Gasteiger partial charge in [-0.25, -0.2) is 0 Å². The largest absolute Gasteiger partial charge is 0.382 e. The maximum Gasteiger partial charge on any atom is 0.216 e. The Balaban J connectivity index is 1.56. The summed E-state index contributed by atoms with van der Waals surface area (Å²) in [4.78, 5) is 0. The van der Waals surface area contributed by atoms with Crippen molar-refractivity contribution >= 4 is 0 Å². The Bertz CT molecular complexity index is 237. The molecule has 0 aliphatic carbocycles. The van der Waals surface area contributed by atoms with Crippen LogP contribution in [0.5, 0.6) is 0 Å². The van der Waals surface area contributed by atoms with Gasteiger partial charge >= 0.3 is 0 Å². The second-order valence-electron chi connectivity index (χ2n) is 4.57. The minimum atomic E-state index is -0.596. The smallest absolute Gasteiger partial charge is 0.216 e. The Morgan fingerprint density at radius 2 is 1.21 bits per heavy atom. The van der Waals surface area contributed by atoms with Crippen LogP contribution in [0.25, 0.3) is 0 Å². The van der Waals surface area contributed by atoms with E-state index in [9.17, 15) is 0 Å². The van der Waals surface area contributed by atoms with Crippen LogP contribution in [0.15, 0.2) is 0 Å². The van der Waals surface area contributed by atoms with Crippen LogP contribution >= 0.6 is 0 Å². The van der Waals surface area contributed by atoms with Crippen LogP contribution in [0.4, 0.5) is 0 Å². The molecule has 2 aliphatic rings. The summed E-state index contributed by atoms with van der Waals surface area (Å²) in [6.45, 7) is 3.91. The van der Waals surface area contributed by atoms with Crippen LogP contribution in [0.1, 0.15) is 0 Å². The number of hydrogen-bond donors (Lipinski definition) is 0. The van der Waals surface area contributed by atoms with Gasteiger partial charge in [-0.1, -0.05) is 0 Å². The highest BCUT2D eigenvalue weighted by Gasteiger charge is 2.50. The molecule has 2 atom stereocenters. The van der Waals surface area contributed by atoms with E-state index < -0.39 is 11.6 Å². The second-order valence-corrected chi connectivity index (χ2v) is 4.57.